The van der Waals surface area contributed by atoms with Crippen molar-refractivity contribution >= 4 is 5.97 Å². The molecule has 0 bridgehead atoms. The predicted octanol–water partition coefficient (Wildman–Crippen LogP) is 1.19. The molecule has 1 aromatic heterocycles. The number of carbonyl (C=O) groups is 1. The van der Waals surface area contributed by atoms with E-state index in [2.05, 4.69) is 9.97 Å². The van der Waals surface area contributed by atoms with E-state index in [0.29, 0.717) is 12.4 Å². The summed E-state index contributed by atoms with van der Waals surface area (Å²) in [6.07, 6.45) is -3.33. The van der Waals surface area contributed by atoms with Crippen LogP contribution >= 0.6 is 0 Å². The lowest BCUT2D eigenvalue weighted by Crippen LogP contribution is -2.14. The minimum Gasteiger partial charge on any atom is -0.480 e. The number of hydrogen-bond donors (Lipinski definition) is 1. The van der Waals surface area contributed by atoms with E-state index < -0.39 is 23.9 Å². The van der Waals surface area contributed by atoms with Crippen molar-refractivity contribution in [1.82, 2.24) is 9.97 Å². The highest BCUT2D eigenvalue weighted by molar-refractivity contribution is 5.79. The molecule has 1 unspecified atom stereocenters. The maximum Gasteiger partial charge on any atom is 0.451 e. The molecule has 5 nitrogen and oxygen atoms in total. The number of nitrogens with zero attached hydrogens (tertiary/aromatic N) is 3. The summed E-state index contributed by atoms with van der Waals surface area (Å²) in [5, 5.41) is 17.0. The second-order valence-corrected chi connectivity index (χ2v) is 2.74. The average molecular weight is 231 g/mol. The van der Waals surface area contributed by atoms with Crippen LogP contribution in [0.25, 0.3) is 0 Å². The van der Waals surface area contributed by atoms with Crippen molar-refractivity contribution in [3.05, 3.63) is 23.8 Å². The second-order valence-electron chi connectivity index (χ2n) is 2.74. The fraction of sp³-hybridized carbons (Fsp3) is 0.250. The summed E-state index contributed by atoms with van der Waals surface area (Å²) in [6, 6.07) is 1.42. The number of hydrogen-bond acceptors (Lipinski definition) is 4. The summed E-state index contributed by atoms with van der Waals surface area (Å²) in [4.78, 5) is 16.4. The Morgan fingerprint density at radius 3 is 2.25 bits per heavy atom. The molecule has 0 spiro atoms. The molecular formula is C8H4F3N3O2. The molecule has 0 amide bonds. The molecule has 0 aliphatic rings. The first-order valence-electron chi connectivity index (χ1n) is 3.88. The molecule has 84 valence electrons. The van der Waals surface area contributed by atoms with Gasteiger partial charge in [-0.2, -0.15) is 18.4 Å². The van der Waals surface area contributed by atoms with Crippen LogP contribution in [-0.4, -0.2) is 21.0 Å². The Kier molecular flexibility index (Phi) is 3.08. The number of rotatable bonds is 2. The summed E-state index contributed by atoms with van der Waals surface area (Å²) in [6.45, 7) is 0. The highest BCUT2D eigenvalue weighted by Gasteiger charge is 2.34. The van der Waals surface area contributed by atoms with Crippen molar-refractivity contribution < 1.29 is 23.1 Å². The molecule has 8 heteroatoms. The molecule has 0 fully saturated rings. The molecule has 0 aliphatic heterocycles. The minimum atomic E-state index is -4.69. The molecule has 1 atom stereocenters. The lowest BCUT2D eigenvalue weighted by Gasteiger charge is -2.06. The zero-order chi connectivity index (χ0) is 12.3. The number of aromatic nitrogens is 2. The standard InChI is InChI=1S/C8H4F3N3O2/c9-8(10,11)7-13-2-4(3-14-7)5(1-12)6(15)16/h2-3,5H,(H,15,16). The Hall–Kier alpha value is -2.17. The second kappa shape index (κ2) is 4.14. The van der Waals surface area contributed by atoms with Gasteiger partial charge in [0.1, 0.15) is 0 Å². The van der Waals surface area contributed by atoms with Crippen LogP contribution in [0.4, 0.5) is 13.2 Å². The van der Waals surface area contributed by atoms with Crippen LogP contribution in [0.15, 0.2) is 12.4 Å². The van der Waals surface area contributed by atoms with Crippen molar-refractivity contribution in [2.24, 2.45) is 0 Å². The molecule has 1 rings (SSSR count). The summed E-state index contributed by atoms with van der Waals surface area (Å²) < 4.78 is 36.2. The highest BCUT2D eigenvalue weighted by Crippen LogP contribution is 2.26. The van der Waals surface area contributed by atoms with Crippen LogP contribution in [0, 0.1) is 11.3 Å². The van der Waals surface area contributed by atoms with Crippen molar-refractivity contribution in [2.45, 2.75) is 12.1 Å². The van der Waals surface area contributed by atoms with E-state index in [9.17, 15) is 18.0 Å². The van der Waals surface area contributed by atoms with Gasteiger partial charge in [-0.1, -0.05) is 0 Å². The molecule has 0 aliphatic carbocycles. The van der Waals surface area contributed by atoms with Gasteiger partial charge >= 0.3 is 12.1 Å². The zero-order valence-electron chi connectivity index (χ0n) is 7.56. The predicted molar refractivity (Wildman–Crippen MR) is 43.0 cm³/mol. The lowest BCUT2D eigenvalue weighted by atomic mass is 10.1. The van der Waals surface area contributed by atoms with Crippen LogP contribution in [0.2, 0.25) is 0 Å². The quantitative estimate of drug-likeness (QED) is 0.825. The monoisotopic (exact) mass is 231 g/mol. The number of carboxylic acid groups (broad SMARTS) is 1. The molecule has 1 heterocycles. The molecule has 0 aromatic carbocycles. The fourth-order valence-corrected chi connectivity index (χ4v) is 0.906. The summed E-state index contributed by atoms with van der Waals surface area (Å²) in [7, 11) is 0. The fourth-order valence-electron chi connectivity index (χ4n) is 0.906. The Bertz CT molecular complexity index is 435. The van der Waals surface area contributed by atoms with E-state index in [1.807, 2.05) is 0 Å². The SMILES string of the molecule is N#CC(C(=O)O)c1cnc(C(F)(F)F)nc1. The largest absolute Gasteiger partial charge is 0.480 e. The molecule has 0 radical (unpaired) electrons. The van der Waals surface area contributed by atoms with E-state index in [0.717, 1.165) is 0 Å². The Labute approximate surface area is 87.2 Å². The van der Waals surface area contributed by atoms with Gasteiger partial charge in [-0.3, -0.25) is 4.79 Å². The van der Waals surface area contributed by atoms with Gasteiger partial charge in [0.2, 0.25) is 5.82 Å². The first kappa shape index (κ1) is 11.9. The molecular weight excluding hydrogens is 227 g/mol. The van der Waals surface area contributed by atoms with Crippen molar-refractivity contribution in [2.75, 3.05) is 0 Å². The maximum atomic E-state index is 12.1. The van der Waals surface area contributed by atoms with E-state index >= 15 is 0 Å². The van der Waals surface area contributed by atoms with Gasteiger partial charge in [0.05, 0.1) is 6.07 Å². The van der Waals surface area contributed by atoms with Crippen molar-refractivity contribution in [3.8, 4) is 6.07 Å². The van der Waals surface area contributed by atoms with Gasteiger partial charge in [0.15, 0.2) is 5.92 Å². The third kappa shape index (κ3) is 2.44. The number of nitriles is 1. The smallest absolute Gasteiger partial charge is 0.451 e. The lowest BCUT2D eigenvalue weighted by molar-refractivity contribution is -0.145. The van der Waals surface area contributed by atoms with Crippen LogP contribution in [0.1, 0.15) is 17.3 Å². The summed E-state index contributed by atoms with van der Waals surface area (Å²) >= 11 is 0. The zero-order valence-corrected chi connectivity index (χ0v) is 7.56. The van der Waals surface area contributed by atoms with Gasteiger partial charge in [-0.15, -0.1) is 0 Å². The maximum absolute atomic E-state index is 12.1. The van der Waals surface area contributed by atoms with Gasteiger partial charge in [-0.25, -0.2) is 9.97 Å². The first-order valence-corrected chi connectivity index (χ1v) is 3.88. The number of alkyl halides is 3. The Morgan fingerprint density at radius 1 is 1.44 bits per heavy atom. The van der Waals surface area contributed by atoms with Crippen LogP contribution in [-0.2, 0) is 11.0 Å². The van der Waals surface area contributed by atoms with Gasteiger partial charge < -0.3 is 5.11 Å². The topological polar surface area (TPSA) is 86.9 Å². The Balaban J connectivity index is 3.04. The summed E-state index contributed by atoms with van der Waals surface area (Å²) in [5.41, 5.74) is -0.192. The Morgan fingerprint density at radius 2 is 1.94 bits per heavy atom. The minimum absolute atomic E-state index is 0.192. The van der Waals surface area contributed by atoms with Gasteiger partial charge in [0.25, 0.3) is 0 Å². The summed E-state index contributed by atoms with van der Waals surface area (Å²) in [5.74, 6) is -4.41. The van der Waals surface area contributed by atoms with Gasteiger partial charge in [-0.05, 0) is 0 Å². The van der Waals surface area contributed by atoms with E-state index in [1.54, 1.807) is 0 Å². The molecule has 1 aromatic rings. The number of halogens is 3. The number of carboxylic acids is 1. The van der Waals surface area contributed by atoms with Gasteiger partial charge in [0, 0.05) is 18.0 Å². The van der Waals surface area contributed by atoms with E-state index in [1.165, 1.54) is 6.07 Å². The van der Waals surface area contributed by atoms with E-state index in [-0.39, 0.29) is 5.56 Å². The molecule has 0 saturated carbocycles. The molecule has 0 saturated heterocycles. The normalized spacial score (nSPS) is 12.9. The average Bonchev–Trinajstić information content (AvgIpc) is 2.17. The van der Waals surface area contributed by atoms with Crippen molar-refractivity contribution in [3.63, 3.8) is 0 Å². The molecule has 16 heavy (non-hydrogen) atoms. The van der Waals surface area contributed by atoms with Crippen LogP contribution < -0.4 is 0 Å². The number of aliphatic carboxylic acids is 1. The third-order valence-corrected chi connectivity index (χ3v) is 1.63. The van der Waals surface area contributed by atoms with Crippen LogP contribution in [0.5, 0.6) is 0 Å². The first-order chi connectivity index (χ1) is 7.36. The van der Waals surface area contributed by atoms with Crippen LogP contribution in [0.3, 0.4) is 0 Å². The highest BCUT2D eigenvalue weighted by atomic mass is 19.4. The third-order valence-electron chi connectivity index (χ3n) is 1.63. The van der Waals surface area contributed by atoms with Crippen molar-refractivity contribution in [1.29, 1.82) is 5.26 Å². The molecule has 1 N–H and O–H groups in total. The van der Waals surface area contributed by atoms with E-state index in [4.69, 9.17) is 10.4 Å².